The average Bonchev–Trinajstić information content (AvgIpc) is 3.30. The Hall–Kier alpha value is -4.64. The number of urea groups is 1. The van der Waals surface area contributed by atoms with Gasteiger partial charge in [-0.1, -0.05) is 87.4 Å². The Morgan fingerprint density at radius 1 is 0.848 bits per heavy atom. The fourth-order valence-electron chi connectivity index (χ4n) is 5.93. The molecule has 0 atom stereocenters. The third kappa shape index (κ3) is 6.37. The second-order valence-electron chi connectivity index (χ2n) is 11.0. The first kappa shape index (κ1) is 32.7. The number of alkyl halides is 3. The molecular weight excluding hydrogens is 601 g/mol. The number of carbonyl (C=O) groups excluding carboxylic acids is 2. The highest BCUT2D eigenvalue weighted by molar-refractivity contribution is 6.09. The van der Waals surface area contributed by atoms with E-state index >= 15 is 0 Å². The molecule has 3 amide bonds. The van der Waals surface area contributed by atoms with Crippen LogP contribution in [0.5, 0.6) is 5.75 Å². The van der Waals surface area contributed by atoms with E-state index in [1.54, 1.807) is 24.3 Å². The normalized spacial score (nSPS) is 14.6. The fourth-order valence-corrected chi connectivity index (χ4v) is 5.93. The lowest BCUT2D eigenvalue weighted by molar-refractivity contribution is -0.136. The third-order valence-corrected chi connectivity index (χ3v) is 7.94. The van der Waals surface area contributed by atoms with Gasteiger partial charge in [0.1, 0.15) is 17.9 Å². The molecule has 1 aliphatic rings. The first-order valence-electron chi connectivity index (χ1n) is 15.3. The molecule has 1 saturated heterocycles. The molecule has 1 aromatic heterocycles. The summed E-state index contributed by atoms with van der Waals surface area (Å²) < 4.78 is 58.7. The van der Waals surface area contributed by atoms with E-state index in [4.69, 9.17) is 13.9 Å². The summed E-state index contributed by atoms with van der Waals surface area (Å²) in [5.74, 6) is -0.0362. The van der Waals surface area contributed by atoms with Crippen molar-refractivity contribution in [3.63, 3.8) is 0 Å². The number of benzene rings is 3. The van der Waals surface area contributed by atoms with Crippen molar-refractivity contribution in [2.75, 3.05) is 26.4 Å². The van der Waals surface area contributed by atoms with Gasteiger partial charge in [-0.05, 0) is 35.6 Å². The molecule has 1 N–H and O–H groups in total. The summed E-state index contributed by atoms with van der Waals surface area (Å²) in [5, 5.41) is 2.73. The first-order valence-corrected chi connectivity index (χ1v) is 15.3. The number of aryl methyl sites for hydroxylation is 2. The van der Waals surface area contributed by atoms with Crippen LogP contribution in [0, 0.1) is 0 Å². The molecule has 0 unspecified atom stereocenters. The van der Waals surface area contributed by atoms with E-state index in [0.29, 0.717) is 59.8 Å². The summed E-state index contributed by atoms with van der Waals surface area (Å²) in [6.07, 6.45) is -2.70. The zero-order chi connectivity index (χ0) is 32.9. The van der Waals surface area contributed by atoms with Gasteiger partial charge in [0.15, 0.2) is 5.54 Å². The Morgan fingerprint density at radius 2 is 1.48 bits per heavy atom. The molecular formula is C35H35F3N2O6. The van der Waals surface area contributed by atoms with E-state index in [2.05, 4.69) is 5.32 Å². The highest BCUT2D eigenvalue weighted by atomic mass is 19.4. The number of nitrogens with one attached hydrogen (secondary N) is 1. The van der Waals surface area contributed by atoms with E-state index in [1.807, 2.05) is 50.2 Å². The predicted molar refractivity (Wildman–Crippen MR) is 166 cm³/mol. The largest absolute Gasteiger partial charge is 0.490 e. The molecule has 46 heavy (non-hydrogen) atoms. The van der Waals surface area contributed by atoms with Gasteiger partial charge in [-0.2, -0.15) is 13.2 Å². The molecule has 0 aliphatic carbocycles. The summed E-state index contributed by atoms with van der Waals surface area (Å²) >= 11 is 0. The maximum Gasteiger partial charge on any atom is 0.417 e. The summed E-state index contributed by atoms with van der Waals surface area (Å²) in [5.41, 5.74) is -1.36. The number of imide groups is 1. The molecule has 11 heteroatoms. The zero-order valence-corrected chi connectivity index (χ0v) is 25.6. The number of ether oxygens (including phenoxy) is 2. The van der Waals surface area contributed by atoms with Crippen LogP contribution in [-0.4, -0.2) is 43.2 Å². The third-order valence-electron chi connectivity index (χ3n) is 7.94. The van der Waals surface area contributed by atoms with Crippen molar-refractivity contribution in [2.45, 2.75) is 51.2 Å². The molecule has 242 valence electrons. The Kier molecular flexibility index (Phi) is 9.81. The van der Waals surface area contributed by atoms with Crippen molar-refractivity contribution in [3.05, 3.63) is 111 Å². The van der Waals surface area contributed by atoms with Crippen molar-refractivity contribution < 1.29 is 36.7 Å². The highest BCUT2D eigenvalue weighted by Crippen LogP contribution is 2.40. The van der Waals surface area contributed by atoms with Gasteiger partial charge in [0.25, 0.3) is 5.91 Å². The van der Waals surface area contributed by atoms with Crippen LogP contribution < -0.4 is 15.7 Å². The van der Waals surface area contributed by atoms with Crippen LogP contribution in [0.3, 0.4) is 0 Å². The van der Waals surface area contributed by atoms with Crippen molar-refractivity contribution in [2.24, 2.45) is 0 Å². The van der Waals surface area contributed by atoms with Gasteiger partial charge in [-0.3, -0.25) is 9.69 Å². The summed E-state index contributed by atoms with van der Waals surface area (Å²) in [6.45, 7) is 3.93. The highest BCUT2D eigenvalue weighted by Gasteiger charge is 2.53. The molecule has 0 bridgehead atoms. The van der Waals surface area contributed by atoms with Crippen molar-refractivity contribution in [3.8, 4) is 5.75 Å². The van der Waals surface area contributed by atoms with Crippen molar-refractivity contribution in [1.82, 2.24) is 10.2 Å². The second-order valence-corrected chi connectivity index (χ2v) is 11.0. The Balaban J connectivity index is 1.29. The number of hydrogen-bond acceptors (Lipinski definition) is 6. The standard InChI is InChI=1S/C35H35F3N2O6/c1-3-11-23-21-27-28(35(36,37)38)22-29(41)46-31(27)26(12-4-2)30(23)45-20-19-44-18-17-40-32(42)34(39-33(40)43,24-13-7-5-8-14-24)25-15-9-6-10-16-25/h5-10,13-16,21-22H,3-4,11-12,17-20H2,1-2H3,(H,39,43). The van der Waals surface area contributed by atoms with E-state index < -0.39 is 34.8 Å². The molecule has 0 saturated carbocycles. The van der Waals surface area contributed by atoms with Gasteiger partial charge in [0.05, 0.1) is 25.3 Å². The fraction of sp³-hybridized carbons (Fsp3) is 0.343. The van der Waals surface area contributed by atoms with Crippen LogP contribution in [0.4, 0.5) is 18.0 Å². The minimum atomic E-state index is -4.73. The summed E-state index contributed by atoms with van der Waals surface area (Å²) in [6, 6.07) is 19.4. The predicted octanol–water partition coefficient (Wildman–Crippen LogP) is 6.61. The minimum absolute atomic E-state index is 0.00436. The maximum absolute atomic E-state index is 13.9. The smallest absolute Gasteiger partial charge is 0.417 e. The van der Waals surface area contributed by atoms with Gasteiger partial charge < -0.3 is 19.2 Å². The summed E-state index contributed by atoms with van der Waals surface area (Å²) in [7, 11) is 0. The summed E-state index contributed by atoms with van der Waals surface area (Å²) in [4.78, 5) is 40.2. The van der Waals surface area contributed by atoms with Gasteiger partial charge in [0.2, 0.25) is 0 Å². The van der Waals surface area contributed by atoms with Crippen LogP contribution in [-0.2, 0) is 34.1 Å². The zero-order valence-electron chi connectivity index (χ0n) is 25.6. The number of halogens is 3. The molecule has 2 heterocycles. The van der Waals surface area contributed by atoms with Crippen LogP contribution >= 0.6 is 0 Å². The molecule has 5 rings (SSSR count). The second kappa shape index (κ2) is 13.8. The Morgan fingerprint density at radius 3 is 2.07 bits per heavy atom. The maximum atomic E-state index is 13.9. The molecule has 3 aromatic carbocycles. The van der Waals surface area contributed by atoms with E-state index in [0.717, 1.165) is 4.90 Å². The lowest BCUT2D eigenvalue weighted by Gasteiger charge is -2.28. The minimum Gasteiger partial charge on any atom is -0.490 e. The monoisotopic (exact) mass is 636 g/mol. The molecule has 1 aliphatic heterocycles. The average molecular weight is 637 g/mol. The quantitative estimate of drug-likeness (QED) is 0.101. The van der Waals surface area contributed by atoms with Crippen LogP contribution in [0.2, 0.25) is 0 Å². The van der Waals surface area contributed by atoms with Gasteiger partial charge >= 0.3 is 17.8 Å². The molecule has 0 radical (unpaired) electrons. The first-order chi connectivity index (χ1) is 22.1. The Bertz CT molecular complexity index is 1720. The van der Waals surface area contributed by atoms with Crippen molar-refractivity contribution in [1.29, 1.82) is 0 Å². The van der Waals surface area contributed by atoms with Gasteiger partial charge in [0, 0.05) is 17.0 Å². The van der Waals surface area contributed by atoms with Crippen LogP contribution in [0.25, 0.3) is 11.0 Å². The number of nitrogens with zero attached hydrogens (tertiary/aromatic N) is 1. The van der Waals surface area contributed by atoms with Crippen molar-refractivity contribution >= 4 is 22.9 Å². The molecule has 0 spiro atoms. The van der Waals surface area contributed by atoms with E-state index in [-0.39, 0.29) is 37.3 Å². The topological polar surface area (TPSA) is 98.1 Å². The SMILES string of the molecule is CCCc1cc2c(C(F)(F)F)cc(=O)oc2c(CCC)c1OCCOCCN1C(=O)NC(c2ccccc2)(c2ccccc2)C1=O. The lowest BCUT2D eigenvalue weighted by atomic mass is 9.82. The van der Waals surface area contributed by atoms with Crippen LogP contribution in [0.1, 0.15) is 54.5 Å². The number of rotatable bonds is 13. The Labute approximate surface area is 264 Å². The molecule has 4 aromatic rings. The van der Waals surface area contributed by atoms with E-state index in [1.165, 1.54) is 6.07 Å². The molecule has 1 fully saturated rings. The van der Waals surface area contributed by atoms with E-state index in [9.17, 15) is 27.6 Å². The van der Waals surface area contributed by atoms with Gasteiger partial charge in [-0.25, -0.2) is 9.59 Å². The number of fused-ring (bicyclic) bond motifs is 1. The van der Waals surface area contributed by atoms with Crippen LogP contribution in [0.15, 0.2) is 82.0 Å². The number of amides is 3. The molecule has 8 nitrogen and oxygen atoms in total. The van der Waals surface area contributed by atoms with Gasteiger partial charge in [-0.15, -0.1) is 0 Å². The number of carbonyl (C=O) groups is 2. The number of hydrogen-bond donors (Lipinski definition) is 1. The lowest BCUT2D eigenvalue weighted by Crippen LogP contribution is -2.45.